The average Bonchev–Trinajstić information content (AvgIpc) is 2.52. The molecule has 0 fully saturated rings. The first kappa shape index (κ1) is 20.9. The number of carbonyl (C=O) groups is 1. The van der Waals surface area contributed by atoms with Crippen LogP contribution in [-0.2, 0) is 14.8 Å². The molecule has 0 saturated carbocycles. The predicted octanol–water partition coefficient (Wildman–Crippen LogP) is 1.69. The summed E-state index contributed by atoms with van der Waals surface area (Å²) in [5.41, 5.74) is 5.49. The fourth-order valence-corrected chi connectivity index (χ4v) is 3.13. The van der Waals surface area contributed by atoms with Crippen LogP contribution < -0.4 is 10.5 Å². The van der Waals surface area contributed by atoms with E-state index < -0.39 is 21.5 Å². The fourth-order valence-electron chi connectivity index (χ4n) is 1.80. The van der Waals surface area contributed by atoms with Gasteiger partial charge in [-0.3, -0.25) is 0 Å². The molecule has 0 aliphatic rings. The maximum Gasteiger partial charge on any atom is 0.339 e. The number of carbonyl (C=O) groups excluding carboxylic acids is 1. The van der Waals surface area contributed by atoms with Gasteiger partial charge < -0.3 is 10.5 Å². The number of sulfonamides is 1. The van der Waals surface area contributed by atoms with Gasteiger partial charge in [-0.2, -0.15) is 0 Å². The number of ether oxygens (including phenoxy) is 1. The van der Waals surface area contributed by atoms with Gasteiger partial charge in [-0.05, 0) is 25.0 Å². The zero-order valence-corrected chi connectivity index (χ0v) is 14.6. The van der Waals surface area contributed by atoms with E-state index in [1.54, 1.807) is 12.1 Å². The molecule has 0 unspecified atom stereocenters. The van der Waals surface area contributed by atoms with E-state index in [0.29, 0.717) is 12.8 Å². The minimum Gasteiger partial charge on any atom is -0.465 e. The largest absolute Gasteiger partial charge is 0.465 e. The SMILES string of the molecule is CCC(N)(CC)CNS(=O)(=O)c1ccccc1C(=O)OC.Cl. The molecule has 3 N–H and O–H groups in total. The van der Waals surface area contributed by atoms with Gasteiger partial charge in [0.2, 0.25) is 10.0 Å². The predicted molar refractivity (Wildman–Crippen MR) is 87.7 cm³/mol. The number of esters is 1. The Morgan fingerprint density at radius 1 is 1.27 bits per heavy atom. The number of benzene rings is 1. The number of hydrogen-bond donors (Lipinski definition) is 2. The molecule has 22 heavy (non-hydrogen) atoms. The Hall–Kier alpha value is -1.15. The minimum absolute atomic E-state index is 0. The molecule has 0 aromatic heterocycles. The molecule has 0 bridgehead atoms. The first-order chi connectivity index (χ1) is 9.79. The van der Waals surface area contributed by atoms with Crippen LogP contribution in [0.3, 0.4) is 0 Å². The van der Waals surface area contributed by atoms with E-state index in [1.165, 1.54) is 19.2 Å². The Morgan fingerprint density at radius 3 is 2.32 bits per heavy atom. The number of halogens is 1. The average molecular weight is 351 g/mol. The van der Waals surface area contributed by atoms with Crippen molar-refractivity contribution in [2.75, 3.05) is 13.7 Å². The Morgan fingerprint density at radius 2 is 1.82 bits per heavy atom. The van der Waals surface area contributed by atoms with Crippen LogP contribution in [0.25, 0.3) is 0 Å². The Labute approximate surface area is 137 Å². The molecule has 1 aromatic rings. The number of nitrogens with two attached hydrogens (primary N) is 1. The van der Waals surface area contributed by atoms with Crippen LogP contribution in [0.5, 0.6) is 0 Å². The van der Waals surface area contributed by atoms with Crippen molar-refractivity contribution in [2.24, 2.45) is 5.73 Å². The summed E-state index contributed by atoms with van der Waals surface area (Å²) in [6.07, 6.45) is 1.29. The van der Waals surface area contributed by atoms with Crippen molar-refractivity contribution in [3.05, 3.63) is 29.8 Å². The van der Waals surface area contributed by atoms with Crippen LogP contribution in [0.1, 0.15) is 37.0 Å². The van der Waals surface area contributed by atoms with E-state index in [-0.39, 0.29) is 29.4 Å². The maximum absolute atomic E-state index is 12.4. The van der Waals surface area contributed by atoms with Crippen LogP contribution in [0, 0.1) is 0 Å². The second-order valence-corrected chi connectivity index (χ2v) is 6.62. The summed E-state index contributed by atoms with van der Waals surface area (Å²) < 4.78 is 31.8. The first-order valence-corrected chi connectivity index (χ1v) is 8.24. The van der Waals surface area contributed by atoms with E-state index in [4.69, 9.17) is 5.73 Å². The van der Waals surface area contributed by atoms with E-state index in [0.717, 1.165) is 0 Å². The summed E-state index contributed by atoms with van der Waals surface area (Å²) in [5, 5.41) is 0. The summed E-state index contributed by atoms with van der Waals surface area (Å²) in [6, 6.07) is 5.91. The molecular weight excluding hydrogens is 328 g/mol. The van der Waals surface area contributed by atoms with Crippen LogP contribution in [-0.4, -0.2) is 33.6 Å². The molecule has 0 atom stereocenters. The van der Waals surface area contributed by atoms with Crippen molar-refractivity contribution in [3.63, 3.8) is 0 Å². The standard InChI is InChI=1S/C14H22N2O4S.ClH/c1-4-14(15,5-2)10-16-21(18,19)12-9-7-6-8-11(12)13(17)20-3;/h6-9,16H,4-5,10,15H2,1-3H3;1H. The summed E-state index contributed by atoms with van der Waals surface area (Å²) >= 11 is 0. The molecule has 0 saturated heterocycles. The van der Waals surface area contributed by atoms with Crippen LogP contribution in [0.2, 0.25) is 0 Å². The lowest BCUT2D eigenvalue weighted by atomic mass is 9.95. The van der Waals surface area contributed by atoms with Gasteiger partial charge in [0.1, 0.15) is 0 Å². The molecule has 6 nitrogen and oxygen atoms in total. The lowest BCUT2D eigenvalue weighted by molar-refractivity contribution is 0.0596. The summed E-state index contributed by atoms with van der Waals surface area (Å²) in [4.78, 5) is 11.6. The van der Waals surface area contributed by atoms with Crippen LogP contribution >= 0.6 is 12.4 Å². The lowest BCUT2D eigenvalue weighted by Gasteiger charge is -2.26. The Bertz CT molecular complexity index is 601. The number of nitrogens with one attached hydrogen (secondary N) is 1. The molecule has 1 rings (SSSR count). The van der Waals surface area contributed by atoms with Crippen LogP contribution in [0.4, 0.5) is 0 Å². The van der Waals surface area contributed by atoms with Gasteiger partial charge >= 0.3 is 5.97 Å². The van der Waals surface area contributed by atoms with Gasteiger partial charge in [0.15, 0.2) is 0 Å². The third-order valence-corrected chi connectivity index (χ3v) is 5.06. The number of methoxy groups -OCH3 is 1. The molecular formula is C14H23ClN2O4S. The van der Waals surface area contributed by atoms with Crippen LogP contribution in [0.15, 0.2) is 29.2 Å². The highest BCUT2D eigenvalue weighted by atomic mass is 35.5. The molecule has 8 heteroatoms. The van der Waals surface area contributed by atoms with Gasteiger partial charge in [-0.1, -0.05) is 26.0 Å². The highest BCUT2D eigenvalue weighted by Crippen LogP contribution is 2.17. The second-order valence-electron chi connectivity index (χ2n) is 4.88. The fraction of sp³-hybridized carbons (Fsp3) is 0.500. The quantitative estimate of drug-likeness (QED) is 0.729. The van der Waals surface area contributed by atoms with Crippen molar-refractivity contribution in [1.29, 1.82) is 0 Å². The van der Waals surface area contributed by atoms with E-state index in [2.05, 4.69) is 9.46 Å². The smallest absolute Gasteiger partial charge is 0.339 e. The zero-order chi connectivity index (χ0) is 16.1. The number of rotatable bonds is 7. The molecule has 0 spiro atoms. The van der Waals surface area contributed by atoms with E-state index >= 15 is 0 Å². The normalized spacial score (nSPS) is 11.6. The molecule has 0 aliphatic carbocycles. The maximum atomic E-state index is 12.4. The van der Waals surface area contributed by atoms with Crippen molar-refractivity contribution in [1.82, 2.24) is 4.72 Å². The van der Waals surface area contributed by atoms with Crippen molar-refractivity contribution < 1.29 is 17.9 Å². The highest BCUT2D eigenvalue weighted by Gasteiger charge is 2.27. The number of hydrogen-bond acceptors (Lipinski definition) is 5. The van der Waals surface area contributed by atoms with E-state index in [1.807, 2.05) is 13.8 Å². The highest BCUT2D eigenvalue weighted by molar-refractivity contribution is 7.89. The van der Waals surface area contributed by atoms with Gasteiger partial charge in [0.25, 0.3) is 0 Å². The van der Waals surface area contributed by atoms with Gasteiger partial charge in [0.05, 0.1) is 17.6 Å². The van der Waals surface area contributed by atoms with Gasteiger partial charge in [-0.15, -0.1) is 12.4 Å². The molecule has 0 radical (unpaired) electrons. The van der Waals surface area contributed by atoms with Gasteiger partial charge in [0, 0.05) is 12.1 Å². The monoisotopic (exact) mass is 350 g/mol. The van der Waals surface area contributed by atoms with E-state index in [9.17, 15) is 13.2 Å². The Kier molecular flexibility index (Phi) is 8.03. The molecule has 1 aromatic carbocycles. The third-order valence-electron chi connectivity index (χ3n) is 3.60. The molecule has 0 amide bonds. The summed E-state index contributed by atoms with van der Waals surface area (Å²) in [5.74, 6) is -0.694. The van der Waals surface area contributed by atoms with Gasteiger partial charge in [-0.25, -0.2) is 17.9 Å². The van der Waals surface area contributed by atoms with Crippen molar-refractivity contribution in [2.45, 2.75) is 37.1 Å². The third kappa shape index (κ3) is 4.95. The zero-order valence-electron chi connectivity index (χ0n) is 13.0. The topological polar surface area (TPSA) is 98.5 Å². The molecule has 126 valence electrons. The second kappa shape index (κ2) is 8.47. The summed E-state index contributed by atoms with van der Waals surface area (Å²) in [6.45, 7) is 3.91. The molecule has 0 heterocycles. The summed E-state index contributed by atoms with van der Waals surface area (Å²) in [7, 11) is -2.62. The Balaban J connectivity index is 0.00000441. The first-order valence-electron chi connectivity index (χ1n) is 6.75. The lowest BCUT2D eigenvalue weighted by Crippen LogP contribution is -2.49. The van der Waals surface area contributed by atoms with Crippen molar-refractivity contribution in [3.8, 4) is 0 Å². The minimum atomic E-state index is -3.83. The molecule has 0 aliphatic heterocycles. The van der Waals surface area contributed by atoms with Crippen molar-refractivity contribution >= 4 is 28.4 Å².